The van der Waals surface area contributed by atoms with Crippen molar-refractivity contribution >= 4 is 34.0 Å². The molecule has 0 unspecified atom stereocenters. The fourth-order valence-electron chi connectivity index (χ4n) is 1.41. The van der Waals surface area contributed by atoms with E-state index in [0.717, 1.165) is 0 Å². The van der Waals surface area contributed by atoms with Gasteiger partial charge in [-0.25, -0.2) is 0 Å². The predicted molar refractivity (Wildman–Crippen MR) is 57.3 cm³/mol. The molecule has 0 saturated heterocycles. The van der Waals surface area contributed by atoms with Crippen molar-refractivity contribution in [3.8, 4) is 0 Å². The van der Waals surface area contributed by atoms with Crippen LogP contribution in [0.15, 0.2) is 12.1 Å². The van der Waals surface area contributed by atoms with Crippen LogP contribution in [0.1, 0.15) is 0 Å². The Labute approximate surface area is 89.4 Å². The van der Waals surface area contributed by atoms with Gasteiger partial charge in [0.1, 0.15) is 5.52 Å². The second-order valence-corrected chi connectivity index (χ2v) is 3.30. The first-order chi connectivity index (χ1) is 7.15. The van der Waals surface area contributed by atoms with E-state index in [1.807, 2.05) is 0 Å². The molecule has 0 atom stereocenters. The average molecular weight is 227 g/mol. The van der Waals surface area contributed by atoms with Crippen LogP contribution in [0.25, 0.3) is 10.9 Å². The highest BCUT2D eigenvalue weighted by atomic mass is 35.5. The summed E-state index contributed by atoms with van der Waals surface area (Å²) in [6.07, 6.45) is 0. The van der Waals surface area contributed by atoms with Gasteiger partial charge < -0.3 is 5.32 Å². The van der Waals surface area contributed by atoms with Gasteiger partial charge in [0.25, 0.3) is 5.69 Å². The molecule has 7 heteroatoms. The molecule has 2 aromatic rings. The molecule has 2 rings (SSSR count). The summed E-state index contributed by atoms with van der Waals surface area (Å²) >= 11 is 5.94. The van der Waals surface area contributed by atoms with Crippen LogP contribution in [0.2, 0.25) is 5.02 Å². The zero-order valence-corrected chi connectivity index (χ0v) is 8.50. The highest BCUT2D eigenvalue weighted by Crippen LogP contribution is 2.33. The van der Waals surface area contributed by atoms with Gasteiger partial charge in [-0.05, 0) is 6.07 Å². The van der Waals surface area contributed by atoms with Crippen LogP contribution >= 0.6 is 11.6 Å². The molecule has 0 aliphatic rings. The Morgan fingerprint density at radius 1 is 1.60 bits per heavy atom. The van der Waals surface area contributed by atoms with E-state index in [1.54, 1.807) is 7.05 Å². The third-order valence-electron chi connectivity index (χ3n) is 2.08. The molecule has 0 fully saturated rings. The van der Waals surface area contributed by atoms with Crippen molar-refractivity contribution in [3.05, 3.63) is 27.3 Å². The molecule has 1 aromatic heterocycles. The maximum Gasteiger partial charge on any atom is 0.295 e. The van der Waals surface area contributed by atoms with Gasteiger partial charge in [-0.2, -0.15) is 5.10 Å². The monoisotopic (exact) mass is 226 g/mol. The Morgan fingerprint density at radius 2 is 2.33 bits per heavy atom. The van der Waals surface area contributed by atoms with Crippen LogP contribution in [0, 0.1) is 10.1 Å². The predicted octanol–water partition coefficient (Wildman–Crippen LogP) is 2.17. The lowest BCUT2D eigenvalue weighted by atomic mass is 10.2. The Hall–Kier alpha value is -1.82. The highest BCUT2D eigenvalue weighted by molar-refractivity contribution is 6.36. The molecule has 2 N–H and O–H groups in total. The van der Waals surface area contributed by atoms with Gasteiger partial charge in [-0.1, -0.05) is 11.6 Å². The number of fused-ring (bicyclic) bond motifs is 1. The van der Waals surface area contributed by atoms with Crippen molar-refractivity contribution in [1.82, 2.24) is 10.2 Å². The molecule has 0 amide bonds. The number of nitro benzene ring substituents is 1. The van der Waals surface area contributed by atoms with Crippen molar-refractivity contribution in [1.29, 1.82) is 0 Å². The third kappa shape index (κ3) is 1.39. The van der Waals surface area contributed by atoms with Crippen molar-refractivity contribution in [3.63, 3.8) is 0 Å². The Balaban J connectivity index is 2.84. The van der Waals surface area contributed by atoms with Crippen molar-refractivity contribution < 1.29 is 4.92 Å². The summed E-state index contributed by atoms with van der Waals surface area (Å²) in [6, 6.07) is 2.83. The standard InChI is InChI=1S/C8H7ClN4O2/c1-10-8-6-4(9)2-3-5(13(14)15)7(6)11-12-8/h2-3H,1H3,(H2,10,11,12). The topological polar surface area (TPSA) is 83.8 Å². The number of nitrogens with zero attached hydrogens (tertiary/aromatic N) is 2. The summed E-state index contributed by atoms with van der Waals surface area (Å²) in [6.45, 7) is 0. The van der Waals surface area contributed by atoms with Gasteiger partial charge >= 0.3 is 0 Å². The Morgan fingerprint density at radius 3 is 2.93 bits per heavy atom. The molecule has 0 radical (unpaired) electrons. The largest absolute Gasteiger partial charge is 0.371 e. The second kappa shape index (κ2) is 3.39. The zero-order valence-electron chi connectivity index (χ0n) is 7.74. The second-order valence-electron chi connectivity index (χ2n) is 2.90. The molecule has 0 aliphatic heterocycles. The van der Waals surface area contributed by atoms with Crippen LogP contribution in [-0.4, -0.2) is 22.2 Å². The SMILES string of the molecule is CNc1n[nH]c2c([N+](=O)[O-])ccc(Cl)c12. The molecule has 78 valence electrons. The summed E-state index contributed by atoms with van der Waals surface area (Å²) < 4.78 is 0. The summed E-state index contributed by atoms with van der Waals surface area (Å²) in [7, 11) is 1.67. The van der Waals surface area contributed by atoms with E-state index >= 15 is 0 Å². The highest BCUT2D eigenvalue weighted by Gasteiger charge is 2.18. The first kappa shape index (κ1) is 9.72. The number of rotatable bonds is 2. The van der Waals surface area contributed by atoms with E-state index in [9.17, 15) is 10.1 Å². The molecule has 0 bridgehead atoms. The summed E-state index contributed by atoms with van der Waals surface area (Å²) in [5.41, 5.74) is 0.292. The van der Waals surface area contributed by atoms with Crippen LogP contribution in [0.5, 0.6) is 0 Å². The third-order valence-corrected chi connectivity index (χ3v) is 2.40. The Bertz CT molecular complexity index is 537. The van der Waals surface area contributed by atoms with E-state index in [2.05, 4.69) is 15.5 Å². The molecule has 0 aliphatic carbocycles. The van der Waals surface area contributed by atoms with Crippen LogP contribution in [-0.2, 0) is 0 Å². The van der Waals surface area contributed by atoms with Gasteiger partial charge in [0.05, 0.1) is 15.3 Å². The molecule has 6 nitrogen and oxygen atoms in total. The van der Waals surface area contributed by atoms with Crippen LogP contribution in [0.3, 0.4) is 0 Å². The lowest BCUT2D eigenvalue weighted by Gasteiger charge is -1.97. The minimum absolute atomic E-state index is 0.0385. The van der Waals surface area contributed by atoms with Crippen molar-refractivity contribution in [2.75, 3.05) is 12.4 Å². The molecule has 0 spiro atoms. The maximum absolute atomic E-state index is 10.7. The van der Waals surface area contributed by atoms with Gasteiger partial charge in [0.2, 0.25) is 0 Å². The number of benzene rings is 1. The first-order valence-electron chi connectivity index (χ1n) is 4.14. The average Bonchev–Trinajstić information content (AvgIpc) is 2.62. The molecular weight excluding hydrogens is 220 g/mol. The summed E-state index contributed by atoms with van der Waals surface area (Å²) in [5, 5.41) is 21.0. The fraction of sp³-hybridized carbons (Fsp3) is 0.125. The lowest BCUT2D eigenvalue weighted by molar-refractivity contribution is -0.383. The number of aromatic nitrogens is 2. The molecular formula is C8H7ClN4O2. The number of nitro groups is 1. The summed E-state index contributed by atoms with van der Waals surface area (Å²) in [4.78, 5) is 10.2. The Kier molecular flexibility index (Phi) is 2.20. The zero-order chi connectivity index (χ0) is 11.0. The minimum Gasteiger partial charge on any atom is -0.371 e. The smallest absolute Gasteiger partial charge is 0.295 e. The van der Waals surface area contributed by atoms with E-state index in [0.29, 0.717) is 21.7 Å². The maximum atomic E-state index is 10.7. The van der Waals surface area contributed by atoms with Crippen LogP contribution in [0.4, 0.5) is 11.5 Å². The summed E-state index contributed by atoms with van der Waals surface area (Å²) in [5.74, 6) is 0.499. The number of nitrogens with one attached hydrogen (secondary N) is 2. The van der Waals surface area contributed by atoms with Crippen molar-refractivity contribution in [2.45, 2.75) is 0 Å². The van der Waals surface area contributed by atoms with Gasteiger partial charge in [0, 0.05) is 13.1 Å². The van der Waals surface area contributed by atoms with Gasteiger partial charge in [0.15, 0.2) is 5.82 Å². The molecule has 1 aromatic carbocycles. The first-order valence-corrected chi connectivity index (χ1v) is 4.51. The van der Waals surface area contributed by atoms with E-state index in [1.165, 1.54) is 12.1 Å². The normalized spacial score (nSPS) is 10.5. The van der Waals surface area contributed by atoms with Crippen LogP contribution < -0.4 is 5.32 Å². The molecule has 0 saturated carbocycles. The lowest BCUT2D eigenvalue weighted by Crippen LogP contribution is -1.90. The van der Waals surface area contributed by atoms with Gasteiger partial charge in [-0.3, -0.25) is 15.2 Å². The minimum atomic E-state index is -0.476. The fourth-order valence-corrected chi connectivity index (χ4v) is 1.66. The van der Waals surface area contributed by atoms with Crippen molar-refractivity contribution in [2.24, 2.45) is 0 Å². The number of hydrogen-bond donors (Lipinski definition) is 2. The van der Waals surface area contributed by atoms with E-state index in [-0.39, 0.29) is 5.69 Å². The van der Waals surface area contributed by atoms with E-state index in [4.69, 9.17) is 11.6 Å². The molecule has 1 heterocycles. The number of aromatic amines is 1. The quantitative estimate of drug-likeness (QED) is 0.607. The van der Waals surface area contributed by atoms with E-state index < -0.39 is 4.92 Å². The number of halogens is 1. The number of hydrogen-bond acceptors (Lipinski definition) is 4. The molecule has 15 heavy (non-hydrogen) atoms. The number of non-ortho nitro benzene ring substituents is 1. The van der Waals surface area contributed by atoms with Gasteiger partial charge in [-0.15, -0.1) is 0 Å². The number of anilines is 1. The number of H-pyrrole nitrogens is 1.